The predicted octanol–water partition coefficient (Wildman–Crippen LogP) is 4.79. The molecule has 0 bridgehead atoms. The van der Waals surface area contributed by atoms with E-state index in [1.54, 1.807) is 24.3 Å². The van der Waals surface area contributed by atoms with Gasteiger partial charge in [-0.2, -0.15) is 0 Å². The summed E-state index contributed by atoms with van der Waals surface area (Å²) in [6, 6.07) is 13.2. The molecule has 2 atom stereocenters. The second-order valence-electron chi connectivity index (χ2n) is 7.63. The number of Topliss-reactive ketones (excluding diaryl/α,β-unsaturated/α-hetero) is 1. The van der Waals surface area contributed by atoms with E-state index in [1.165, 1.54) is 12.1 Å². The van der Waals surface area contributed by atoms with Crippen molar-refractivity contribution in [2.45, 2.75) is 31.6 Å². The van der Waals surface area contributed by atoms with Gasteiger partial charge in [-0.25, -0.2) is 4.39 Å². The smallest absolute Gasteiger partial charge is 0.233 e. The van der Waals surface area contributed by atoms with E-state index >= 15 is 0 Å². The first kappa shape index (κ1) is 17.7. The van der Waals surface area contributed by atoms with E-state index in [1.807, 2.05) is 19.1 Å². The van der Waals surface area contributed by atoms with Crippen LogP contribution >= 0.6 is 0 Å². The van der Waals surface area contributed by atoms with Gasteiger partial charge in [0.1, 0.15) is 11.6 Å². The van der Waals surface area contributed by atoms with Crippen LogP contribution in [-0.2, 0) is 4.79 Å². The third kappa shape index (κ3) is 2.92. The fourth-order valence-electron chi connectivity index (χ4n) is 4.44. The Bertz CT molecular complexity index is 1130. The van der Waals surface area contributed by atoms with Crippen LogP contribution in [0.25, 0.3) is 0 Å². The zero-order valence-electron chi connectivity index (χ0n) is 15.8. The number of fused-ring (bicyclic) bond motifs is 1. The fourth-order valence-corrected chi connectivity index (χ4v) is 4.44. The lowest BCUT2D eigenvalue weighted by Crippen LogP contribution is -2.29. The maximum absolute atomic E-state index is 13.5. The number of allylic oxidation sites excluding steroid dienone is 2. The Hall–Kier alpha value is -3.41. The second kappa shape index (κ2) is 6.58. The first-order valence-electron chi connectivity index (χ1n) is 9.55. The molecule has 0 saturated carbocycles. The van der Waals surface area contributed by atoms with Crippen molar-refractivity contribution < 1.29 is 18.8 Å². The molecule has 5 nitrogen and oxygen atoms in total. The molecule has 0 amide bonds. The van der Waals surface area contributed by atoms with Crippen molar-refractivity contribution in [3.63, 3.8) is 0 Å². The Kier molecular flexibility index (Phi) is 4.01. The molecule has 1 aliphatic carbocycles. The molecule has 2 N–H and O–H groups in total. The van der Waals surface area contributed by atoms with Gasteiger partial charge < -0.3 is 14.9 Å². The van der Waals surface area contributed by atoms with Crippen LogP contribution in [0.1, 0.15) is 47.1 Å². The molecule has 1 aromatic heterocycles. The highest BCUT2D eigenvalue weighted by Gasteiger charge is 2.41. The van der Waals surface area contributed by atoms with Gasteiger partial charge >= 0.3 is 0 Å². The summed E-state index contributed by atoms with van der Waals surface area (Å²) in [6.07, 6.45) is 1.02. The molecule has 3 aromatic rings. The zero-order chi connectivity index (χ0) is 20.1. The van der Waals surface area contributed by atoms with Gasteiger partial charge in [0, 0.05) is 23.6 Å². The number of nitrogens with zero attached hydrogens (tertiary/aromatic N) is 1. The van der Waals surface area contributed by atoms with Gasteiger partial charge in [-0.3, -0.25) is 4.79 Å². The topological polar surface area (TPSA) is 75.4 Å². The number of halogens is 1. The molecule has 0 fully saturated rings. The van der Waals surface area contributed by atoms with Gasteiger partial charge in [0.05, 0.1) is 11.3 Å². The molecule has 2 heterocycles. The lowest BCUT2D eigenvalue weighted by atomic mass is 9.72. The number of ketones is 1. The molecule has 2 aromatic carbocycles. The number of benzene rings is 2. The van der Waals surface area contributed by atoms with Crippen molar-refractivity contribution in [3.05, 3.63) is 88.0 Å². The molecule has 0 unspecified atom stereocenters. The molecule has 0 saturated heterocycles. The van der Waals surface area contributed by atoms with Gasteiger partial charge in [0.15, 0.2) is 5.78 Å². The second-order valence-corrected chi connectivity index (χ2v) is 7.63. The number of carbonyl (C=O) groups is 1. The van der Waals surface area contributed by atoms with Crippen molar-refractivity contribution >= 4 is 11.7 Å². The minimum absolute atomic E-state index is 0.00814. The number of nitrogens with one attached hydrogen (secondary N) is 1. The van der Waals surface area contributed by atoms with E-state index in [0.29, 0.717) is 30.0 Å². The Morgan fingerprint density at radius 3 is 2.48 bits per heavy atom. The van der Waals surface area contributed by atoms with Crippen LogP contribution in [0.15, 0.2) is 64.3 Å². The van der Waals surface area contributed by atoms with Gasteiger partial charge in [0.25, 0.3) is 0 Å². The maximum atomic E-state index is 13.5. The van der Waals surface area contributed by atoms with Crippen LogP contribution < -0.4 is 5.32 Å². The molecule has 0 radical (unpaired) electrons. The Labute approximate surface area is 166 Å². The van der Waals surface area contributed by atoms with Crippen LogP contribution in [0, 0.1) is 12.7 Å². The quantitative estimate of drug-likeness (QED) is 0.658. The zero-order valence-corrected chi connectivity index (χ0v) is 15.8. The third-order valence-electron chi connectivity index (χ3n) is 5.83. The summed E-state index contributed by atoms with van der Waals surface area (Å²) in [7, 11) is 0. The van der Waals surface area contributed by atoms with Crippen molar-refractivity contribution in [3.8, 4) is 5.75 Å². The van der Waals surface area contributed by atoms with Crippen molar-refractivity contribution in [1.82, 2.24) is 5.16 Å². The molecule has 29 heavy (non-hydrogen) atoms. The van der Waals surface area contributed by atoms with Gasteiger partial charge in [-0.15, -0.1) is 0 Å². The van der Waals surface area contributed by atoms with E-state index in [9.17, 15) is 14.3 Å². The van der Waals surface area contributed by atoms with Gasteiger partial charge in [-0.1, -0.05) is 29.4 Å². The molecule has 1 aliphatic heterocycles. The van der Waals surface area contributed by atoms with E-state index in [-0.39, 0.29) is 29.2 Å². The summed E-state index contributed by atoms with van der Waals surface area (Å²) in [5.74, 6) is 0.147. The number of aromatic nitrogens is 1. The monoisotopic (exact) mass is 390 g/mol. The maximum Gasteiger partial charge on any atom is 0.233 e. The standard InChI is InChI=1S/C23H19FN2O3/c1-12-20-21(14-2-6-16(24)7-3-14)22-18(25-23(20)29-26-12)10-15(11-19(22)28)13-4-8-17(27)9-5-13/h2-9,15,21,25,27H,10-11H2,1H3/t15-,21+/m0/s1. The lowest BCUT2D eigenvalue weighted by molar-refractivity contribution is -0.116. The molecule has 0 spiro atoms. The SMILES string of the molecule is Cc1noc2c1[C@@H](c1ccc(F)cc1)C1=C(C[C@H](c3ccc(O)cc3)CC1=O)N2. The van der Waals surface area contributed by atoms with Crippen molar-refractivity contribution in [2.24, 2.45) is 0 Å². The number of aromatic hydroxyl groups is 1. The molecular formula is C23H19FN2O3. The third-order valence-corrected chi connectivity index (χ3v) is 5.83. The molecule has 146 valence electrons. The normalized spacial score (nSPS) is 20.8. The summed E-state index contributed by atoms with van der Waals surface area (Å²) < 4.78 is 19.0. The molecule has 2 aliphatic rings. The summed E-state index contributed by atoms with van der Waals surface area (Å²) in [5.41, 5.74) is 4.89. The van der Waals surface area contributed by atoms with Gasteiger partial charge in [0.2, 0.25) is 5.88 Å². The summed E-state index contributed by atoms with van der Waals surface area (Å²) in [5, 5.41) is 16.9. The summed E-state index contributed by atoms with van der Waals surface area (Å²) >= 11 is 0. The Morgan fingerprint density at radius 1 is 1.07 bits per heavy atom. The van der Waals surface area contributed by atoms with E-state index in [4.69, 9.17) is 4.52 Å². The largest absolute Gasteiger partial charge is 0.508 e. The first-order valence-corrected chi connectivity index (χ1v) is 9.55. The summed E-state index contributed by atoms with van der Waals surface area (Å²) in [4.78, 5) is 13.3. The van der Waals surface area contributed by atoms with E-state index in [2.05, 4.69) is 10.5 Å². The Morgan fingerprint density at radius 2 is 1.76 bits per heavy atom. The van der Waals surface area contributed by atoms with Crippen LogP contribution in [0.4, 0.5) is 10.3 Å². The first-order chi connectivity index (χ1) is 14.0. The van der Waals surface area contributed by atoms with Crippen LogP contribution in [0.2, 0.25) is 0 Å². The van der Waals surface area contributed by atoms with Gasteiger partial charge in [-0.05, 0) is 54.7 Å². The van der Waals surface area contributed by atoms with Crippen LogP contribution in [0.3, 0.4) is 0 Å². The van der Waals surface area contributed by atoms with Crippen molar-refractivity contribution in [1.29, 1.82) is 0 Å². The van der Waals surface area contributed by atoms with E-state index in [0.717, 1.165) is 22.4 Å². The number of hydrogen-bond acceptors (Lipinski definition) is 5. The predicted molar refractivity (Wildman–Crippen MR) is 105 cm³/mol. The molecule has 5 rings (SSSR count). The lowest BCUT2D eigenvalue weighted by Gasteiger charge is -2.34. The highest BCUT2D eigenvalue weighted by Crippen LogP contribution is 2.49. The number of anilines is 1. The molecular weight excluding hydrogens is 371 g/mol. The molecule has 6 heteroatoms. The van der Waals surface area contributed by atoms with E-state index < -0.39 is 0 Å². The van der Waals surface area contributed by atoms with Crippen LogP contribution in [-0.4, -0.2) is 16.0 Å². The minimum Gasteiger partial charge on any atom is -0.508 e. The summed E-state index contributed by atoms with van der Waals surface area (Å²) in [6.45, 7) is 1.85. The minimum atomic E-state index is -0.332. The number of phenolic OH excluding ortho intramolecular Hbond substituents is 1. The average molecular weight is 390 g/mol. The number of carbonyl (C=O) groups excluding carboxylic acids is 1. The average Bonchev–Trinajstić information content (AvgIpc) is 3.08. The number of aryl methyl sites for hydroxylation is 1. The highest BCUT2D eigenvalue weighted by molar-refractivity contribution is 6.01. The van der Waals surface area contributed by atoms with Crippen LogP contribution in [0.5, 0.6) is 5.75 Å². The Balaban J connectivity index is 1.61. The number of hydrogen-bond donors (Lipinski definition) is 2. The fraction of sp³-hybridized carbons (Fsp3) is 0.217. The van der Waals surface area contributed by atoms with Crippen molar-refractivity contribution in [2.75, 3.05) is 5.32 Å². The number of phenols is 1. The highest BCUT2D eigenvalue weighted by atomic mass is 19.1. The number of rotatable bonds is 2.